The minimum atomic E-state index is -0.0239. The first kappa shape index (κ1) is 48.9. The molecule has 0 aliphatic rings. The molecule has 2 atom stereocenters. The Bertz CT molecular complexity index is 694. The Kier molecular flexibility index (Phi) is 38.3. The molecule has 0 rings (SSSR count). The molecule has 0 saturated carbocycles. The van der Waals surface area contributed by atoms with E-state index < -0.39 is 0 Å². The van der Waals surface area contributed by atoms with Crippen molar-refractivity contribution < 1.29 is 24.2 Å². The number of hydrogen-bond acceptors (Lipinski definition) is 5. The number of aliphatic hydroxyl groups is 1. The van der Waals surface area contributed by atoms with Crippen molar-refractivity contribution in [1.29, 1.82) is 0 Å². The van der Waals surface area contributed by atoms with Crippen LogP contribution in [0.1, 0.15) is 252 Å². The lowest BCUT2D eigenvalue weighted by Gasteiger charge is -2.18. The summed E-state index contributed by atoms with van der Waals surface area (Å²) in [6, 6.07) is 0. The van der Waals surface area contributed by atoms with Crippen LogP contribution in [0.3, 0.4) is 0 Å². The third kappa shape index (κ3) is 34.0. The van der Waals surface area contributed by atoms with Gasteiger partial charge in [0.15, 0.2) is 0 Å². The Hall–Kier alpha value is -1.10. The van der Waals surface area contributed by atoms with Crippen molar-refractivity contribution in [1.82, 2.24) is 0 Å². The van der Waals surface area contributed by atoms with Gasteiger partial charge in [-0.15, -0.1) is 0 Å². The molecular formula is C45H88O5. The highest BCUT2D eigenvalue weighted by molar-refractivity contribution is 5.69. The zero-order valence-corrected chi connectivity index (χ0v) is 34.3. The molecule has 0 fully saturated rings. The molecule has 298 valence electrons. The molecule has 0 spiro atoms. The van der Waals surface area contributed by atoms with E-state index in [0.29, 0.717) is 18.8 Å². The van der Waals surface area contributed by atoms with Crippen LogP contribution in [0.5, 0.6) is 0 Å². The molecule has 0 radical (unpaired) electrons. The van der Waals surface area contributed by atoms with E-state index in [2.05, 4.69) is 27.7 Å². The van der Waals surface area contributed by atoms with Crippen molar-refractivity contribution in [3.05, 3.63) is 0 Å². The second-order valence-electron chi connectivity index (χ2n) is 15.6. The molecular weight excluding hydrogens is 620 g/mol. The molecule has 0 aromatic rings. The standard InChI is InChI=1S/C45H88O5/c1-5-9-12-15-20-27-34-42(8-4)49-44(47)38-31-24-26-33-41(39-40-46)32-25-19-18-23-30-37-45(48)50-43(35-28-21-16-13-10-6-2)36-29-22-17-14-11-7-3/h41-43,46H,5-40H2,1-4H3. The van der Waals surface area contributed by atoms with Crippen LogP contribution in [-0.4, -0.2) is 35.9 Å². The summed E-state index contributed by atoms with van der Waals surface area (Å²) in [6.45, 7) is 9.15. The lowest BCUT2D eigenvalue weighted by Crippen LogP contribution is -2.18. The van der Waals surface area contributed by atoms with Crippen LogP contribution in [-0.2, 0) is 19.1 Å². The minimum Gasteiger partial charge on any atom is -0.462 e. The maximum atomic E-state index is 12.7. The van der Waals surface area contributed by atoms with Gasteiger partial charge in [0.2, 0.25) is 0 Å². The maximum absolute atomic E-state index is 12.7. The van der Waals surface area contributed by atoms with Gasteiger partial charge in [-0.1, -0.05) is 175 Å². The highest BCUT2D eigenvalue weighted by Gasteiger charge is 2.15. The van der Waals surface area contributed by atoms with Crippen molar-refractivity contribution in [3.63, 3.8) is 0 Å². The predicted octanol–water partition coefficient (Wildman–Crippen LogP) is 14.2. The average molecular weight is 709 g/mol. The largest absolute Gasteiger partial charge is 0.462 e. The number of carbonyl (C=O) groups excluding carboxylic acids is 2. The van der Waals surface area contributed by atoms with Gasteiger partial charge in [0.1, 0.15) is 12.2 Å². The van der Waals surface area contributed by atoms with E-state index in [9.17, 15) is 14.7 Å². The van der Waals surface area contributed by atoms with Crippen LogP contribution >= 0.6 is 0 Å². The molecule has 0 aliphatic carbocycles. The highest BCUT2D eigenvalue weighted by atomic mass is 16.5. The second-order valence-corrected chi connectivity index (χ2v) is 15.6. The topological polar surface area (TPSA) is 72.8 Å². The van der Waals surface area contributed by atoms with Crippen LogP contribution in [0.4, 0.5) is 0 Å². The van der Waals surface area contributed by atoms with Crippen molar-refractivity contribution in [2.45, 2.75) is 265 Å². The van der Waals surface area contributed by atoms with E-state index in [-0.39, 0.29) is 30.8 Å². The number of ether oxygens (including phenoxy) is 2. The fourth-order valence-electron chi connectivity index (χ4n) is 7.28. The summed E-state index contributed by atoms with van der Waals surface area (Å²) in [6.07, 6.45) is 40.1. The van der Waals surface area contributed by atoms with E-state index in [0.717, 1.165) is 83.5 Å². The quantitative estimate of drug-likeness (QED) is 0.0507. The van der Waals surface area contributed by atoms with Crippen LogP contribution < -0.4 is 0 Å². The van der Waals surface area contributed by atoms with E-state index in [1.165, 1.54) is 128 Å². The van der Waals surface area contributed by atoms with Gasteiger partial charge in [-0.25, -0.2) is 0 Å². The summed E-state index contributed by atoms with van der Waals surface area (Å²) in [4.78, 5) is 25.1. The lowest BCUT2D eigenvalue weighted by molar-refractivity contribution is -0.150. The summed E-state index contributed by atoms with van der Waals surface area (Å²) in [5, 5.41) is 9.60. The molecule has 0 bridgehead atoms. The normalized spacial score (nSPS) is 12.8. The first-order chi connectivity index (χ1) is 24.5. The summed E-state index contributed by atoms with van der Waals surface area (Å²) in [5.41, 5.74) is 0. The number of esters is 2. The van der Waals surface area contributed by atoms with Gasteiger partial charge < -0.3 is 14.6 Å². The molecule has 2 unspecified atom stereocenters. The molecule has 0 aromatic carbocycles. The third-order valence-corrected chi connectivity index (χ3v) is 10.7. The van der Waals surface area contributed by atoms with Gasteiger partial charge in [-0.3, -0.25) is 9.59 Å². The van der Waals surface area contributed by atoms with Crippen LogP contribution in [0.15, 0.2) is 0 Å². The molecule has 0 aliphatic heterocycles. The first-order valence-electron chi connectivity index (χ1n) is 22.5. The van der Waals surface area contributed by atoms with Gasteiger partial charge in [0.25, 0.3) is 0 Å². The fraction of sp³-hybridized carbons (Fsp3) is 0.956. The van der Waals surface area contributed by atoms with Gasteiger partial charge in [-0.05, 0) is 70.1 Å². The molecule has 1 N–H and O–H groups in total. The Morgan fingerprint density at radius 1 is 0.400 bits per heavy atom. The molecule has 0 aromatic heterocycles. The number of unbranched alkanes of at least 4 members (excludes halogenated alkanes) is 21. The molecule has 0 heterocycles. The van der Waals surface area contributed by atoms with Crippen LogP contribution in [0.2, 0.25) is 0 Å². The summed E-state index contributed by atoms with van der Waals surface area (Å²) in [5.74, 6) is 0.560. The smallest absolute Gasteiger partial charge is 0.306 e. The van der Waals surface area contributed by atoms with E-state index >= 15 is 0 Å². The fourth-order valence-corrected chi connectivity index (χ4v) is 7.28. The van der Waals surface area contributed by atoms with Crippen LogP contribution in [0.25, 0.3) is 0 Å². The molecule has 0 saturated heterocycles. The lowest BCUT2D eigenvalue weighted by atomic mass is 9.92. The van der Waals surface area contributed by atoms with Crippen molar-refractivity contribution in [3.8, 4) is 0 Å². The van der Waals surface area contributed by atoms with E-state index in [1.54, 1.807) is 0 Å². The third-order valence-electron chi connectivity index (χ3n) is 10.7. The number of aliphatic hydroxyl groups excluding tert-OH is 1. The Morgan fingerprint density at radius 2 is 0.720 bits per heavy atom. The second kappa shape index (κ2) is 39.1. The summed E-state index contributed by atoms with van der Waals surface area (Å²) < 4.78 is 11.8. The zero-order chi connectivity index (χ0) is 36.8. The number of carbonyl (C=O) groups is 2. The van der Waals surface area contributed by atoms with Crippen LogP contribution in [0, 0.1) is 5.92 Å². The maximum Gasteiger partial charge on any atom is 0.306 e. The average Bonchev–Trinajstić information content (AvgIpc) is 3.11. The number of hydrogen-bond donors (Lipinski definition) is 1. The predicted molar refractivity (Wildman–Crippen MR) is 215 cm³/mol. The van der Waals surface area contributed by atoms with Gasteiger partial charge in [0.05, 0.1) is 0 Å². The van der Waals surface area contributed by atoms with Crippen molar-refractivity contribution >= 4 is 11.9 Å². The Morgan fingerprint density at radius 3 is 1.12 bits per heavy atom. The van der Waals surface area contributed by atoms with Gasteiger partial charge in [0, 0.05) is 19.4 Å². The minimum absolute atomic E-state index is 0.0154. The number of rotatable bonds is 40. The zero-order valence-electron chi connectivity index (χ0n) is 34.3. The van der Waals surface area contributed by atoms with Gasteiger partial charge >= 0.3 is 11.9 Å². The molecule has 50 heavy (non-hydrogen) atoms. The Labute approximate surface area is 312 Å². The summed E-state index contributed by atoms with van der Waals surface area (Å²) >= 11 is 0. The Balaban J connectivity index is 4.10. The van der Waals surface area contributed by atoms with E-state index in [4.69, 9.17) is 9.47 Å². The first-order valence-corrected chi connectivity index (χ1v) is 22.5. The van der Waals surface area contributed by atoms with Crippen molar-refractivity contribution in [2.24, 2.45) is 5.92 Å². The SMILES string of the molecule is CCCCCCCCC(CC)OC(=O)CCCCCC(CCO)CCCCCCCC(=O)OC(CCCCCCCC)CCCCCCCC. The van der Waals surface area contributed by atoms with Crippen molar-refractivity contribution in [2.75, 3.05) is 6.61 Å². The van der Waals surface area contributed by atoms with Gasteiger partial charge in [-0.2, -0.15) is 0 Å². The molecule has 0 amide bonds. The highest BCUT2D eigenvalue weighted by Crippen LogP contribution is 2.23. The summed E-state index contributed by atoms with van der Waals surface area (Å²) in [7, 11) is 0. The van der Waals surface area contributed by atoms with E-state index in [1.807, 2.05) is 0 Å². The monoisotopic (exact) mass is 709 g/mol. The molecule has 5 heteroatoms. The molecule has 5 nitrogen and oxygen atoms in total.